The van der Waals surface area contributed by atoms with E-state index in [4.69, 9.17) is 4.42 Å². The molecule has 0 radical (unpaired) electrons. The van der Waals surface area contributed by atoms with Crippen LogP contribution in [-0.4, -0.2) is 28.1 Å². The number of aliphatic hydroxyl groups is 1. The zero-order valence-electron chi connectivity index (χ0n) is 11.6. The summed E-state index contributed by atoms with van der Waals surface area (Å²) in [6.45, 7) is 0. The molecule has 1 saturated carbocycles. The van der Waals surface area contributed by atoms with Gasteiger partial charge in [0.15, 0.2) is 0 Å². The molecule has 110 valence electrons. The lowest BCUT2D eigenvalue weighted by molar-refractivity contribution is 0.0239. The highest BCUT2D eigenvalue weighted by Gasteiger charge is 2.34. The van der Waals surface area contributed by atoms with E-state index in [-0.39, 0.29) is 18.1 Å². The fraction of sp³-hybridized carbons (Fsp3) is 0.375. The van der Waals surface area contributed by atoms with Crippen molar-refractivity contribution in [3.8, 4) is 0 Å². The predicted octanol–water partition coefficient (Wildman–Crippen LogP) is 1.79. The van der Waals surface area contributed by atoms with Crippen molar-refractivity contribution >= 4 is 5.91 Å². The van der Waals surface area contributed by atoms with Gasteiger partial charge in [-0.2, -0.15) is 0 Å². The van der Waals surface area contributed by atoms with Crippen molar-refractivity contribution in [2.24, 2.45) is 5.92 Å². The average Bonchev–Trinajstić information content (AvgIpc) is 2.98. The largest absolute Gasteiger partial charge is 0.472 e. The van der Waals surface area contributed by atoms with E-state index in [1.807, 2.05) is 12.1 Å². The summed E-state index contributed by atoms with van der Waals surface area (Å²) in [6, 6.07) is 5.56. The van der Waals surface area contributed by atoms with Gasteiger partial charge < -0.3 is 14.8 Å². The number of nitrogens with zero attached hydrogens (tertiary/aromatic N) is 1. The molecule has 0 aromatic carbocycles. The zero-order valence-corrected chi connectivity index (χ0v) is 11.6. The van der Waals surface area contributed by atoms with Crippen LogP contribution < -0.4 is 5.32 Å². The van der Waals surface area contributed by atoms with Crippen LogP contribution in [0.25, 0.3) is 0 Å². The number of pyridine rings is 1. The first kappa shape index (κ1) is 13.8. The van der Waals surface area contributed by atoms with Crippen molar-refractivity contribution in [3.63, 3.8) is 0 Å². The normalized spacial score (nSPS) is 22.3. The molecular formula is C16H18N2O3. The van der Waals surface area contributed by atoms with Gasteiger partial charge in [0.2, 0.25) is 0 Å². The van der Waals surface area contributed by atoms with Crippen LogP contribution in [0.15, 0.2) is 47.5 Å². The molecule has 1 aliphatic rings. The maximum atomic E-state index is 12.2. The lowest BCUT2D eigenvalue weighted by Gasteiger charge is -2.38. The third-order valence-corrected chi connectivity index (χ3v) is 4.02. The summed E-state index contributed by atoms with van der Waals surface area (Å²) in [5, 5.41) is 12.6. The summed E-state index contributed by atoms with van der Waals surface area (Å²) in [7, 11) is 0. The van der Waals surface area contributed by atoms with Crippen molar-refractivity contribution in [2.75, 3.05) is 0 Å². The molecule has 1 amide bonds. The average molecular weight is 286 g/mol. The number of rotatable bonds is 5. The van der Waals surface area contributed by atoms with E-state index in [0.29, 0.717) is 11.5 Å². The second-order valence-corrected chi connectivity index (χ2v) is 5.54. The molecule has 2 aromatic heterocycles. The molecule has 2 N–H and O–H groups in total. The minimum Gasteiger partial charge on any atom is -0.472 e. The third kappa shape index (κ3) is 3.31. The van der Waals surface area contributed by atoms with Crippen LogP contribution in [0.3, 0.4) is 0 Å². The number of hydrogen-bond donors (Lipinski definition) is 2. The first-order valence-electron chi connectivity index (χ1n) is 7.12. The van der Waals surface area contributed by atoms with E-state index in [1.165, 1.54) is 12.5 Å². The number of aromatic nitrogens is 1. The minimum atomic E-state index is -0.235. The standard InChI is InChI=1S/C16H18N2O3/c19-14-8-13(9-14)15(7-11-1-4-17-5-2-11)18-16(20)12-3-6-21-10-12/h1-6,10,13-15,19H,7-9H2,(H,18,20)/t13?,14?,15-/m0/s1. The van der Waals surface area contributed by atoms with Gasteiger partial charge in [0.1, 0.15) is 6.26 Å². The Morgan fingerprint density at radius 1 is 1.38 bits per heavy atom. The number of amides is 1. The Bertz CT molecular complexity index is 577. The van der Waals surface area contributed by atoms with Crippen molar-refractivity contribution in [1.82, 2.24) is 10.3 Å². The van der Waals surface area contributed by atoms with Crippen LogP contribution >= 0.6 is 0 Å². The molecule has 2 heterocycles. The van der Waals surface area contributed by atoms with Crippen molar-refractivity contribution in [3.05, 3.63) is 54.2 Å². The number of aliphatic hydroxyl groups excluding tert-OH is 1. The predicted molar refractivity (Wildman–Crippen MR) is 76.6 cm³/mol. The fourth-order valence-corrected chi connectivity index (χ4v) is 2.71. The minimum absolute atomic E-state index is 0.0122. The van der Waals surface area contributed by atoms with Gasteiger partial charge in [0, 0.05) is 18.4 Å². The summed E-state index contributed by atoms with van der Waals surface area (Å²) in [4.78, 5) is 16.2. The van der Waals surface area contributed by atoms with E-state index in [1.54, 1.807) is 18.5 Å². The second kappa shape index (κ2) is 6.10. The van der Waals surface area contributed by atoms with Crippen LogP contribution in [-0.2, 0) is 6.42 Å². The molecule has 5 heteroatoms. The van der Waals surface area contributed by atoms with Gasteiger partial charge in [-0.1, -0.05) is 0 Å². The van der Waals surface area contributed by atoms with Crippen LogP contribution in [0.2, 0.25) is 0 Å². The van der Waals surface area contributed by atoms with Crippen LogP contribution in [0.1, 0.15) is 28.8 Å². The highest BCUT2D eigenvalue weighted by molar-refractivity contribution is 5.94. The molecular weight excluding hydrogens is 268 g/mol. The molecule has 0 unspecified atom stereocenters. The highest BCUT2D eigenvalue weighted by Crippen LogP contribution is 2.31. The number of furan rings is 1. The summed E-state index contributed by atoms with van der Waals surface area (Å²) in [5.41, 5.74) is 1.65. The Morgan fingerprint density at radius 3 is 2.76 bits per heavy atom. The lowest BCUT2D eigenvalue weighted by Crippen LogP contribution is -2.48. The van der Waals surface area contributed by atoms with Gasteiger partial charge in [0.25, 0.3) is 5.91 Å². The molecule has 0 bridgehead atoms. The number of carbonyl (C=O) groups is 1. The number of nitrogens with one attached hydrogen (secondary N) is 1. The summed E-state index contributed by atoms with van der Waals surface area (Å²) < 4.78 is 4.94. The van der Waals surface area contributed by atoms with Crippen LogP contribution in [0.4, 0.5) is 0 Å². The Balaban J connectivity index is 1.69. The highest BCUT2D eigenvalue weighted by atomic mass is 16.3. The van der Waals surface area contributed by atoms with Gasteiger partial charge >= 0.3 is 0 Å². The maximum absolute atomic E-state index is 12.2. The van der Waals surface area contributed by atoms with Gasteiger partial charge in [-0.15, -0.1) is 0 Å². The Morgan fingerprint density at radius 2 is 2.14 bits per heavy atom. The monoisotopic (exact) mass is 286 g/mol. The van der Waals surface area contributed by atoms with Gasteiger partial charge in [-0.3, -0.25) is 9.78 Å². The molecule has 3 rings (SSSR count). The van der Waals surface area contributed by atoms with Gasteiger partial charge in [-0.25, -0.2) is 0 Å². The molecule has 1 aliphatic carbocycles. The van der Waals surface area contributed by atoms with E-state index >= 15 is 0 Å². The Kier molecular flexibility index (Phi) is 4.01. The molecule has 21 heavy (non-hydrogen) atoms. The summed E-state index contributed by atoms with van der Waals surface area (Å²) in [5.74, 6) is 0.174. The topological polar surface area (TPSA) is 75.4 Å². The van der Waals surface area contributed by atoms with Crippen LogP contribution in [0.5, 0.6) is 0 Å². The molecule has 2 aromatic rings. The molecule has 1 atom stereocenters. The SMILES string of the molecule is O=C(N[C@@H](Cc1ccncc1)C1CC(O)C1)c1ccoc1. The van der Waals surface area contributed by atoms with Gasteiger partial charge in [0.05, 0.1) is 17.9 Å². The van der Waals surface area contributed by atoms with Crippen molar-refractivity contribution in [2.45, 2.75) is 31.4 Å². The summed E-state index contributed by atoms with van der Waals surface area (Å²) in [6.07, 6.45) is 8.40. The Hall–Kier alpha value is -2.14. The van der Waals surface area contributed by atoms with E-state index in [9.17, 15) is 9.90 Å². The van der Waals surface area contributed by atoms with E-state index in [0.717, 1.165) is 24.8 Å². The quantitative estimate of drug-likeness (QED) is 0.878. The third-order valence-electron chi connectivity index (χ3n) is 4.02. The molecule has 0 saturated heterocycles. The smallest absolute Gasteiger partial charge is 0.254 e. The first-order chi connectivity index (χ1) is 10.2. The fourth-order valence-electron chi connectivity index (χ4n) is 2.71. The molecule has 5 nitrogen and oxygen atoms in total. The van der Waals surface area contributed by atoms with Gasteiger partial charge in [-0.05, 0) is 48.9 Å². The summed E-state index contributed by atoms with van der Waals surface area (Å²) >= 11 is 0. The zero-order chi connectivity index (χ0) is 14.7. The van der Waals surface area contributed by atoms with Crippen molar-refractivity contribution < 1.29 is 14.3 Å². The first-order valence-corrected chi connectivity index (χ1v) is 7.12. The molecule has 0 spiro atoms. The van der Waals surface area contributed by atoms with Crippen LogP contribution in [0, 0.1) is 5.92 Å². The Labute approximate surface area is 123 Å². The van der Waals surface area contributed by atoms with Crippen molar-refractivity contribution in [1.29, 1.82) is 0 Å². The number of carbonyl (C=O) groups excluding carboxylic acids is 1. The van der Waals surface area contributed by atoms with E-state index < -0.39 is 0 Å². The lowest BCUT2D eigenvalue weighted by atomic mass is 9.75. The molecule has 0 aliphatic heterocycles. The number of hydrogen-bond acceptors (Lipinski definition) is 4. The maximum Gasteiger partial charge on any atom is 0.254 e. The second-order valence-electron chi connectivity index (χ2n) is 5.54. The molecule has 1 fully saturated rings. The van der Waals surface area contributed by atoms with E-state index in [2.05, 4.69) is 10.3 Å².